The van der Waals surface area contributed by atoms with Crippen molar-refractivity contribution in [2.45, 2.75) is 43.9 Å². The van der Waals surface area contributed by atoms with Gasteiger partial charge in [-0.05, 0) is 67.8 Å². The summed E-state index contributed by atoms with van der Waals surface area (Å²) in [6, 6.07) is 6.92. The molecule has 5 aliphatic rings. The Labute approximate surface area is 157 Å². The van der Waals surface area contributed by atoms with Gasteiger partial charge in [0.25, 0.3) is 5.69 Å². The minimum absolute atomic E-state index is 0.134. The average molecular weight is 372 g/mol. The summed E-state index contributed by atoms with van der Waals surface area (Å²) < 4.78 is 0. The first-order valence-electron chi connectivity index (χ1n) is 9.67. The second-order valence-electron chi connectivity index (χ2n) is 8.92. The van der Waals surface area contributed by atoms with Crippen molar-refractivity contribution in [2.24, 2.45) is 23.2 Å². The predicted octanol–water partition coefficient (Wildman–Crippen LogP) is 4.39. The SMILES string of the molecule is O=C1CSC(c2ccccc2[N+](=O)[O-])N1CC12CC3CC(CC(C3)C1)C2. The molecule has 1 heterocycles. The normalized spacial score (nSPS) is 38.2. The van der Waals surface area contributed by atoms with Gasteiger partial charge >= 0.3 is 0 Å². The first-order chi connectivity index (χ1) is 12.5. The van der Waals surface area contributed by atoms with Crippen LogP contribution in [0.1, 0.15) is 49.5 Å². The van der Waals surface area contributed by atoms with E-state index in [0.717, 1.165) is 24.3 Å². The van der Waals surface area contributed by atoms with Gasteiger partial charge in [0.1, 0.15) is 5.37 Å². The third-order valence-electron chi connectivity index (χ3n) is 7.04. The van der Waals surface area contributed by atoms with E-state index in [9.17, 15) is 14.9 Å². The molecular formula is C20H24N2O3S. The summed E-state index contributed by atoms with van der Waals surface area (Å²) in [6.45, 7) is 0.791. The monoisotopic (exact) mass is 372 g/mol. The molecule has 1 unspecified atom stereocenters. The highest BCUT2D eigenvalue weighted by atomic mass is 32.2. The van der Waals surface area contributed by atoms with Gasteiger partial charge in [0.05, 0.1) is 16.2 Å². The molecule has 1 aromatic rings. The van der Waals surface area contributed by atoms with Gasteiger partial charge in [0.2, 0.25) is 5.91 Å². The van der Waals surface area contributed by atoms with Gasteiger partial charge in [-0.2, -0.15) is 0 Å². The molecule has 0 radical (unpaired) electrons. The molecule has 26 heavy (non-hydrogen) atoms. The molecular weight excluding hydrogens is 348 g/mol. The molecule has 138 valence electrons. The van der Waals surface area contributed by atoms with Crippen LogP contribution >= 0.6 is 11.8 Å². The third-order valence-corrected chi connectivity index (χ3v) is 8.28. The minimum Gasteiger partial charge on any atom is -0.325 e. The Kier molecular flexibility index (Phi) is 3.82. The zero-order valence-electron chi connectivity index (χ0n) is 14.8. The molecule has 4 saturated carbocycles. The van der Waals surface area contributed by atoms with Crippen LogP contribution in [0.2, 0.25) is 0 Å². The lowest BCUT2D eigenvalue weighted by Crippen LogP contribution is -2.51. The number of nitro benzene ring substituents is 1. The van der Waals surface area contributed by atoms with Gasteiger partial charge in [-0.1, -0.05) is 12.1 Å². The molecule has 5 fully saturated rings. The lowest BCUT2D eigenvalue weighted by molar-refractivity contribution is -0.385. The van der Waals surface area contributed by atoms with Crippen molar-refractivity contribution in [1.82, 2.24) is 4.90 Å². The summed E-state index contributed by atoms with van der Waals surface area (Å²) in [7, 11) is 0. The van der Waals surface area contributed by atoms with Crippen molar-refractivity contribution in [3.8, 4) is 0 Å². The zero-order valence-corrected chi connectivity index (χ0v) is 15.6. The third kappa shape index (κ3) is 2.65. The van der Waals surface area contributed by atoms with Gasteiger partial charge in [-0.3, -0.25) is 14.9 Å². The molecule has 4 bridgehead atoms. The Balaban J connectivity index is 1.44. The van der Waals surface area contributed by atoms with Crippen LogP contribution in [-0.2, 0) is 4.79 Å². The first kappa shape index (κ1) is 16.6. The van der Waals surface area contributed by atoms with Crippen LogP contribution in [0.5, 0.6) is 0 Å². The van der Waals surface area contributed by atoms with Crippen molar-refractivity contribution in [3.63, 3.8) is 0 Å². The highest BCUT2D eigenvalue weighted by molar-refractivity contribution is 8.00. The molecule has 0 N–H and O–H groups in total. The Morgan fingerprint density at radius 2 is 1.73 bits per heavy atom. The molecule has 6 rings (SSSR count). The van der Waals surface area contributed by atoms with E-state index in [1.807, 2.05) is 17.0 Å². The second kappa shape index (κ2) is 5.98. The quantitative estimate of drug-likeness (QED) is 0.581. The summed E-state index contributed by atoms with van der Waals surface area (Å²) in [5, 5.41) is 11.3. The molecule has 5 nitrogen and oxygen atoms in total. The topological polar surface area (TPSA) is 63.4 Å². The molecule has 0 spiro atoms. The van der Waals surface area contributed by atoms with Gasteiger partial charge in [0.15, 0.2) is 0 Å². The van der Waals surface area contributed by atoms with Crippen LogP contribution in [0.4, 0.5) is 5.69 Å². The van der Waals surface area contributed by atoms with Gasteiger partial charge in [0, 0.05) is 12.6 Å². The average Bonchev–Trinajstić information content (AvgIpc) is 2.93. The van der Waals surface area contributed by atoms with Crippen molar-refractivity contribution in [1.29, 1.82) is 0 Å². The Hall–Kier alpha value is -1.56. The fourth-order valence-corrected chi connectivity index (χ4v) is 7.81. The molecule has 1 aromatic carbocycles. The summed E-state index contributed by atoms with van der Waals surface area (Å²) >= 11 is 1.54. The zero-order chi connectivity index (χ0) is 17.9. The predicted molar refractivity (Wildman–Crippen MR) is 101 cm³/mol. The number of carbonyl (C=O) groups is 1. The van der Waals surface area contributed by atoms with Crippen LogP contribution < -0.4 is 0 Å². The Morgan fingerprint density at radius 3 is 2.35 bits per heavy atom. The Bertz CT molecular complexity index is 730. The summed E-state index contributed by atoms with van der Waals surface area (Å²) in [6.07, 6.45) is 7.89. The number of thioether (sulfide) groups is 1. The van der Waals surface area contributed by atoms with Crippen LogP contribution in [0.15, 0.2) is 24.3 Å². The molecule has 1 aliphatic heterocycles. The largest absolute Gasteiger partial charge is 0.325 e. The number of rotatable bonds is 4. The van der Waals surface area contributed by atoms with Crippen LogP contribution in [0.3, 0.4) is 0 Å². The number of carbonyl (C=O) groups excluding carboxylic acids is 1. The van der Waals surface area contributed by atoms with Crippen molar-refractivity contribution < 1.29 is 9.72 Å². The number of para-hydroxylation sites is 1. The summed E-state index contributed by atoms with van der Waals surface area (Å²) in [5.74, 6) is 3.11. The molecule has 4 aliphatic carbocycles. The van der Waals surface area contributed by atoms with Crippen molar-refractivity contribution in [2.75, 3.05) is 12.3 Å². The van der Waals surface area contributed by atoms with Crippen LogP contribution in [0.25, 0.3) is 0 Å². The maximum Gasteiger partial charge on any atom is 0.275 e. The number of hydrogen-bond acceptors (Lipinski definition) is 4. The number of amides is 1. The van der Waals surface area contributed by atoms with E-state index < -0.39 is 0 Å². The number of benzene rings is 1. The van der Waals surface area contributed by atoms with Crippen molar-refractivity contribution >= 4 is 23.4 Å². The van der Waals surface area contributed by atoms with E-state index in [1.165, 1.54) is 38.5 Å². The van der Waals surface area contributed by atoms with E-state index in [0.29, 0.717) is 11.3 Å². The number of nitro groups is 1. The van der Waals surface area contributed by atoms with E-state index >= 15 is 0 Å². The summed E-state index contributed by atoms with van der Waals surface area (Å²) in [5.41, 5.74) is 1.07. The van der Waals surface area contributed by atoms with E-state index in [-0.39, 0.29) is 27.3 Å². The van der Waals surface area contributed by atoms with E-state index in [1.54, 1.807) is 23.9 Å². The molecule has 0 aromatic heterocycles. The van der Waals surface area contributed by atoms with Gasteiger partial charge in [-0.25, -0.2) is 0 Å². The summed E-state index contributed by atoms with van der Waals surface area (Å²) in [4.78, 5) is 25.8. The maximum atomic E-state index is 12.7. The lowest BCUT2D eigenvalue weighted by Gasteiger charge is -2.57. The highest BCUT2D eigenvalue weighted by Crippen LogP contribution is 2.61. The molecule has 1 amide bonds. The standard InChI is InChI=1S/C20H24N2O3S/c23-18-11-26-19(16-3-1-2-4-17(16)22(24)25)21(18)12-20-8-13-5-14(9-20)7-15(6-13)10-20/h1-4,13-15,19H,5-12H2. The maximum absolute atomic E-state index is 12.7. The van der Waals surface area contributed by atoms with Crippen molar-refractivity contribution in [3.05, 3.63) is 39.9 Å². The van der Waals surface area contributed by atoms with Crippen LogP contribution in [0, 0.1) is 33.3 Å². The smallest absolute Gasteiger partial charge is 0.275 e. The molecule has 6 heteroatoms. The minimum atomic E-state index is -0.318. The fraction of sp³-hybridized carbons (Fsp3) is 0.650. The van der Waals surface area contributed by atoms with E-state index in [4.69, 9.17) is 0 Å². The van der Waals surface area contributed by atoms with E-state index in [2.05, 4.69) is 0 Å². The lowest BCUT2D eigenvalue weighted by atomic mass is 9.49. The number of nitrogens with zero attached hydrogens (tertiary/aromatic N) is 2. The Morgan fingerprint density at radius 1 is 1.12 bits per heavy atom. The highest BCUT2D eigenvalue weighted by Gasteiger charge is 2.53. The van der Waals surface area contributed by atoms with Gasteiger partial charge in [-0.15, -0.1) is 11.8 Å². The van der Waals surface area contributed by atoms with Gasteiger partial charge < -0.3 is 4.90 Å². The van der Waals surface area contributed by atoms with Crippen LogP contribution in [-0.4, -0.2) is 28.0 Å². The second-order valence-corrected chi connectivity index (χ2v) is 9.99. The first-order valence-corrected chi connectivity index (χ1v) is 10.7. The number of hydrogen-bond donors (Lipinski definition) is 0. The molecule has 1 atom stereocenters. The molecule has 1 saturated heterocycles. The fourth-order valence-electron chi connectivity index (χ4n) is 6.59.